The van der Waals surface area contributed by atoms with Gasteiger partial charge in [-0.2, -0.15) is 0 Å². The second kappa shape index (κ2) is 10.2. The number of aryl methyl sites for hydroxylation is 3. The highest BCUT2D eigenvalue weighted by molar-refractivity contribution is 7.89. The molecule has 0 unspecified atom stereocenters. The lowest BCUT2D eigenvalue weighted by atomic mass is 10.1. The maximum Gasteiger partial charge on any atom is 0.255 e. The topological polar surface area (TPSA) is 86.8 Å². The van der Waals surface area contributed by atoms with Crippen molar-refractivity contribution in [3.8, 4) is 0 Å². The standard InChI is InChI=1S/C23H27ClFN3O4S/c1-15-12-16(2)22(17(3)13-15)33(31,32)26-7-6-21(29)27-8-10-28(11-9-27)23(30)19-5-4-18(25)14-20(19)24/h4-5,12-14,26H,6-11H2,1-3H3. The van der Waals surface area contributed by atoms with E-state index < -0.39 is 15.8 Å². The van der Waals surface area contributed by atoms with Gasteiger partial charge < -0.3 is 9.80 Å². The van der Waals surface area contributed by atoms with E-state index in [0.717, 1.165) is 11.6 Å². The van der Waals surface area contributed by atoms with Crippen LogP contribution in [0, 0.1) is 26.6 Å². The highest BCUT2D eigenvalue weighted by atomic mass is 35.5. The van der Waals surface area contributed by atoms with Gasteiger partial charge in [0.2, 0.25) is 15.9 Å². The van der Waals surface area contributed by atoms with E-state index in [2.05, 4.69) is 4.72 Å². The first-order chi connectivity index (χ1) is 15.5. The molecule has 0 aromatic heterocycles. The molecule has 0 spiro atoms. The van der Waals surface area contributed by atoms with Crippen LogP contribution in [0.5, 0.6) is 0 Å². The second-order valence-electron chi connectivity index (χ2n) is 8.17. The van der Waals surface area contributed by atoms with Crippen LogP contribution in [0.4, 0.5) is 4.39 Å². The molecule has 2 amide bonds. The minimum Gasteiger partial charge on any atom is -0.339 e. The number of nitrogens with one attached hydrogen (secondary N) is 1. The summed E-state index contributed by atoms with van der Waals surface area (Å²) in [6.45, 7) is 6.66. The first kappa shape index (κ1) is 25.1. The SMILES string of the molecule is Cc1cc(C)c(S(=O)(=O)NCCC(=O)N2CCN(C(=O)c3ccc(F)cc3Cl)CC2)c(C)c1. The van der Waals surface area contributed by atoms with Crippen LogP contribution in [-0.2, 0) is 14.8 Å². The van der Waals surface area contributed by atoms with E-state index in [1.54, 1.807) is 23.6 Å². The maximum absolute atomic E-state index is 13.2. The van der Waals surface area contributed by atoms with Gasteiger partial charge in [-0.05, 0) is 50.1 Å². The molecule has 2 aromatic carbocycles. The molecule has 0 aliphatic carbocycles. The monoisotopic (exact) mass is 495 g/mol. The van der Waals surface area contributed by atoms with Gasteiger partial charge in [0.1, 0.15) is 5.82 Å². The van der Waals surface area contributed by atoms with Crippen LogP contribution in [0.2, 0.25) is 5.02 Å². The van der Waals surface area contributed by atoms with Gasteiger partial charge in [0, 0.05) is 39.1 Å². The quantitative estimate of drug-likeness (QED) is 0.667. The summed E-state index contributed by atoms with van der Waals surface area (Å²) in [6, 6.07) is 7.25. The van der Waals surface area contributed by atoms with Crippen molar-refractivity contribution < 1.29 is 22.4 Å². The molecular formula is C23H27ClFN3O4S. The number of piperazine rings is 1. The van der Waals surface area contributed by atoms with E-state index >= 15 is 0 Å². The molecule has 1 saturated heterocycles. The van der Waals surface area contributed by atoms with Gasteiger partial charge in [-0.25, -0.2) is 17.5 Å². The average molecular weight is 496 g/mol. The average Bonchev–Trinajstić information content (AvgIpc) is 2.72. The second-order valence-corrected chi connectivity index (χ2v) is 10.3. The zero-order chi connectivity index (χ0) is 24.3. The molecule has 10 heteroatoms. The Balaban J connectivity index is 1.52. The number of amides is 2. The molecule has 0 atom stereocenters. The zero-order valence-corrected chi connectivity index (χ0v) is 20.4. The van der Waals surface area contributed by atoms with Crippen molar-refractivity contribution in [2.75, 3.05) is 32.7 Å². The lowest BCUT2D eigenvalue weighted by molar-refractivity contribution is -0.132. The highest BCUT2D eigenvalue weighted by Gasteiger charge is 2.26. The molecule has 1 heterocycles. The fourth-order valence-electron chi connectivity index (χ4n) is 4.11. The molecule has 178 valence electrons. The number of rotatable bonds is 6. The first-order valence-electron chi connectivity index (χ1n) is 10.6. The minimum atomic E-state index is -3.74. The van der Waals surface area contributed by atoms with E-state index in [9.17, 15) is 22.4 Å². The smallest absolute Gasteiger partial charge is 0.255 e. The summed E-state index contributed by atoms with van der Waals surface area (Å²) in [6.07, 6.45) is 0.0148. The fourth-order valence-corrected chi connectivity index (χ4v) is 5.83. The molecule has 1 fully saturated rings. The van der Waals surface area contributed by atoms with Crippen molar-refractivity contribution in [1.82, 2.24) is 14.5 Å². The van der Waals surface area contributed by atoms with Crippen LogP contribution in [-0.4, -0.2) is 62.8 Å². The van der Waals surface area contributed by atoms with Crippen molar-refractivity contribution in [3.05, 3.63) is 63.4 Å². The first-order valence-corrected chi connectivity index (χ1v) is 12.5. The third-order valence-electron chi connectivity index (χ3n) is 5.59. The van der Waals surface area contributed by atoms with E-state index in [0.29, 0.717) is 37.3 Å². The number of halogens is 2. The molecular weight excluding hydrogens is 469 g/mol. The van der Waals surface area contributed by atoms with Crippen LogP contribution >= 0.6 is 11.6 Å². The molecule has 2 aromatic rings. The van der Waals surface area contributed by atoms with Gasteiger partial charge in [-0.1, -0.05) is 29.3 Å². The number of hydrogen-bond acceptors (Lipinski definition) is 4. The van der Waals surface area contributed by atoms with Crippen LogP contribution in [0.1, 0.15) is 33.5 Å². The van der Waals surface area contributed by atoms with Crippen molar-refractivity contribution in [2.45, 2.75) is 32.1 Å². The third kappa shape index (κ3) is 5.90. The van der Waals surface area contributed by atoms with Gasteiger partial charge in [-0.15, -0.1) is 0 Å². The van der Waals surface area contributed by atoms with Gasteiger partial charge in [0.25, 0.3) is 5.91 Å². The molecule has 33 heavy (non-hydrogen) atoms. The lowest BCUT2D eigenvalue weighted by Crippen LogP contribution is -2.51. The summed E-state index contributed by atoms with van der Waals surface area (Å²) in [5.74, 6) is -1.03. The Morgan fingerprint density at radius 1 is 1.00 bits per heavy atom. The largest absolute Gasteiger partial charge is 0.339 e. The van der Waals surface area contributed by atoms with E-state index in [4.69, 9.17) is 11.6 Å². The Bertz CT molecular complexity index is 1160. The Hall–Kier alpha value is -2.49. The number of nitrogens with zero attached hydrogens (tertiary/aromatic N) is 2. The molecule has 0 saturated carbocycles. The molecule has 1 aliphatic rings. The molecule has 3 rings (SSSR count). The van der Waals surface area contributed by atoms with Crippen molar-refractivity contribution in [2.24, 2.45) is 0 Å². The number of hydrogen-bond donors (Lipinski definition) is 1. The third-order valence-corrected chi connectivity index (χ3v) is 7.66. The number of sulfonamides is 1. The summed E-state index contributed by atoms with van der Waals surface area (Å²) in [7, 11) is -3.74. The maximum atomic E-state index is 13.2. The Labute approximate surface area is 198 Å². The summed E-state index contributed by atoms with van der Waals surface area (Å²) in [5, 5.41) is 0.0461. The normalized spacial score (nSPS) is 14.5. The van der Waals surface area contributed by atoms with Crippen LogP contribution in [0.3, 0.4) is 0 Å². The van der Waals surface area contributed by atoms with Crippen LogP contribution in [0.25, 0.3) is 0 Å². The molecule has 7 nitrogen and oxygen atoms in total. The Morgan fingerprint density at radius 2 is 1.58 bits per heavy atom. The van der Waals surface area contributed by atoms with Gasteiger partial charge >= 0.3 is 0 Å². The minimum absolute atomic E-state index is 0.0148. The summed E-state index contributed by atoms with van der Waals surface area (Å²) < 4.78 is 41.2. The highest BCUT2D eigenvalue weighted by Crippen LogP contribution is 2.22. The predicted octanol–water partition coefficient (Wildman–Crippen LogP) is 3.06. The fraction of sp³-hybridized carbons (Fsp3) is 0.391. The molecule has 0 radical (unpaired) electrons. The van der Waals surface area contributed by atoms with Gasteiger partial charge in [0.05, 0.1) is 15.5 Å². The summed E-state index contributed by atoms with van der Waals surface area (Å²) in [5.41, 5.74) is 2.52. The molecule has 1 N–H and O–H groups in total. The summed E-state index contributed by atoms with van der Waals surface area (Å²) in [4.78, 5) is 28.6. The van der Waals surface area contributed by atoms with Crippen LogP contribution in [0.15, 0.2) is 35.2 Å². The Kier molecular flexibility index (Phi) is 7.76. The molecule has 0 bridgehead atoms. The Morgan fingerprint density at radius 3 is 2.15 bits per heavy atom. The van der Waals surface area contributed by atoms with Crippen molar-refractivity contribution >= 4 is 33.4 Å². The van der Waals surface area contributed by atoms with E-state index in [1.165, 1.54) is 12.1 Å². The van der Waals surface area contributed by atoms with Gasteiger partial charge in [-0.3, -0.25) is 9.59 Å². The number of benzene rings is 2. The number of carbonyl (C=O) groups excluding carboxylic acids is 2. The van der Waals surface area contributed by atoms with E-state index in [-0.39, 0.29) is 40.3 Å². The van der Waals surface area contributed by atoms with Crippen molar-refractivity contribution in [3.63, 3.8) is 0 Å². The van der Waals surface area contributed by atoms with Crippen LogP contribution < -0.4 is 4.72 Å². The van der Waals surface area contributed by atoms with E-state index in [1.807, 2.05) is 19.1 Å². The molecule has 1 aliphatic heterocycles. The lowest BCUT2D eigenvalue weighted by Gasteiger charge is -2.35. The van der Waals surface area contributed by atoms with Crippen molar-refractivity contribution in [1.29, 1.82) is 0 Å². The summed E-state index contributed by atoms with van der Waals surface area (Å²) >= 11 is 5.98. The predicted molar refractivity (Wildman–Crippen MR) is 124 cm³/mol. The zero-order valence-electron chi connectivity index (χ0n) is 18.8. The van der Waals surface area contributed by atoms with Gasteiger partial charge in [0.15, 0.2) is 0 Å². The number of carbonyl (C=O) groups is 2.